The van der Waals surface area contributed by atoms with E-state index in [1.165, 1.54) is 0 Å². The second-order valence-corrected chi connectivity index (χ2v) is 8.29. The summed E-state index contributed by atoms with van der Waals surface area (Å²) in [5, 5.41) is 3.40. The van der Waals surface area contributed by atoms with Crippen LogP contribution in [0.15, 0.2) is 48.5 Å². The summed E-state index contributed by atoms with van der Waals surface area (Å²) >= 11 is 5.81. The SMILES string of the molecule is CN1CCN(C(=O)c2ccc(CNC(=O)CCC(=O)COc3ccc(Cl)cc3)cc2)CC1. The maximum absolute atomic E-state index is 12.6. The summed E-state index contributed by atoms with van der Waals surface area (Å²) in [6.07, 6.45) is 0.209. The van der Waals surface area contributed by atoms with E-state index in [-0.39, 0.29) is 37.0 Å². The normalized spacial score (nSPS) is 14.1. The van der Waals surface area contributed by atoms with Crippen LogP contribution < -0.4 is 10.1 Å². The molecule has 2 aromatic carbocycles. The van der Waals surface area contributed by atoms with Gasteiger partial charge in [-0.25, -0.2) is 0 Å². The quantitative estimate of drug-likeness (QED) is 0.626. The molecule has 1 aliphatic rings. The number of hydrogen-bond donors (Lipinski definition) is 1. The number of likely N-dealkylation sites (N-methyl/N-ethyl adjacent to an activating group) is 1. The van der Waals surface area contributed by atoms with E-state index in [2.05, 4.69) is 17.3 Å². The van der Waals surface area contributed by atoms with Crippen LogP contribution in [0.25, 0.3) is 0 Å². The van der Waals surface area contributed by atoms with E-state index < -0.39 is 0 Å². The van der Waals surface area contributed by atoms with E-state index in [1.807, 2.05) is 17.0 Å². The number of halogens is 1. The van der Waals surface area contributed by atoms with Gasteiger partial charge in [-0.05, 0) is 49.0 Å². The Morgan fingerprint density at radius 2 is 1.59 bits per heavy atom. The number of carbonyl (C=O) groups excluding carboxylic acids is 3. The third-order valence-electron chi connectivity index (χ3n) is 5.33. The van der Waals surface area contributed by atoms with Crippen LogP contribution in [0.4, 0.5) is 0 Å². The molecule has 2 amide bonds. The molecule has 0 unspecified atom stereocenters. The van der Waals surface area contributed by atoms with E-state index in [4.69, 9.17) is 16.3 Å². The number of nitrogens with one attached hydrogen (secondary N) is 1. The highest BCUT2D eigenvalue weighted by Gasteiger charge is 2.20. The van der Waals surface area contributed by atoms with Gasteiger partial charge in [0.2, 0.25) is 5.91 Å². The van der Waals surface area contributed by atoms with Crippen LogP contribution in [-0.4, -0.2) is 67.2 Å². The molecule has 7 nitrogen and oxygen atoms in total. The number of piperazine rings is 1. The van der Waals surface area contributed by atoms with Gasteiger partial charge in [0, 0.05) is 56.2 Å². The van der Waals surface area contributed by atoms with Crippen molar-refractivity contribution in [3.63, 3.8) is 0 Å². The van der Waals surface area contributed by atoms with Crippen LogP contribution in [0.3, 0.4) is 0 Å². The summed E-state index contributed by atoms with van der Waals surface area (Å²) in [7, 11) is 2.05. The number of ether oxygens (including phenoxy) is 1. The van der Waals surface area contributed by atoms with Crippen molar-refractivity contribution < 1.29 is 19.1 Å². The molecular formula is C24H28ClN3O4. The first kappa shape index (κ1) is 23.8. The first-order valence-electron chi connectivity index (χ1n) is 10.6. The van der Waals surface area contributed by atoms with Crippen molar-refractivity contribution in [1.29, 1.82) is 0 Å². The van der Waals surface area contributed by atoms with E-state index in [0.717, 1.165) is 31.7 Å². The van der Waals surface area contributed by atoms with Crippen LogP contribution >= 0.6 is 11.6 Å². The number of nitrogens with zero attached hydrogens (tertiary/aromatic N) is 2. The van der Waals surface area contributed by atoms with Crippen molar-refractivity contribution in [3.05, 3.63) is 64.7 Å². The van der Waals surface area contributed by atoms with Crippen molar-refractivity contribution in [2.75, 3.05) is 39.8 Å². The zero-order valence-corrected chi connectivity index (χ0v) is 18.9. The molecule has 2 aromatic rings. The lowest BCUT2D eigenvalue weighted by molar-refractivity contribution is -0.126. The van der Waals surface area contributed by atoms with E-state index in [0.29, 0.717) is 22.9 Å². The fourth-order valence-corrected chi connectivity index (χ4v) is 3.39. The molecule has 170 valence electrons. The van der Waals surface area contributed by atoms with Gasteiger partial charge in [0.25, 0.3) is 5.91 Å². The average Bonchev–Trinajstić information content (AvgIpc) is 2.81. The maximum Gasteiger partial charge on any atom is 0.253 e. The predicted octanol–water partition coefficient (Wildman–Crippen LogP) is 2.77. The molecule has 0 radical (unpaired) electrons. The topological polar surface area (TPSA) is 79.0 Å². The molecule has 0 saturated carbocycles. The fraction of sp³-hybridized carbons (Fsp3) is 0.375. The summed E-state index contributed by atoms with van der Waals surface area (Å²) in [6, 6.07) is 14.0. The number of rotatable bonds is 9. The lowest BCUT2D eigenvalue weighted by Gasteiger charge is -2.32. The Morgan fingerprint density at radius 3 is 2.25 bits per heavy atom. The molecule has 0 bridgehead atoms. The highest BCUT2D eigenvalue weighted by atomic mass is 35.5. The third-order valence-corrected chi connectivity index (χ3v) is 5.58. The highest BCUT2D eigenvalue weighted by Crippen LogP contribution is 2.15. The zero-order valence-electron chi connectivity index (χ0n) is 18.2. The molecule has 32 heavy (non-hydrogen) atoms. The third kappa shape index (κ3) is 7.35. The number of Topliss-reactive ketones (excluding diaryl/α,β-unsaturated/α-hetero) is 1. The molecule has 0 spiro atoms. The van der Waals surface area contributed by atoms with Crippen LogP contribution in [0.1, 0.15) is 28.8 Å². The molecule has 1 saturated heterocycles. The monoisotopic (exact) mass is 457 g/mol. The van der Waals surface area contributed by atoms with E-state index >= 15 is 0 Å². The Kier molecular flexibility index (Phi) is 8.64. The Hall–Kier alpha value is -2.90. The lowest BCUT2D eigenvalue weighted by atomic mass is 10.1. The van der Waals surface area contributed by atoms with Crippen molar-refractivity contribution in [2.45, 2.75) is 19.4 Å². The van der Waals surface area contributed by atoms with Crippen molar-refractivity contribution in [1.82, 2.24) is 15.1 Å². The Balaban J connectivity index is 1.35. The molecule has 3 rings (SSSR count). The molecule has 1 fully saturated rings. The standard InChI is InChI=1S/C24H28ClN3O4/c1-27-12-14-28(15-13-27)24(31)19-4-2-18(3-5-19)16-26-23(30)11-8-21(29)17-32-22-9-6-20(25)7-10-22/h2-7,9-10H,8,11-17H2,1H3,(H,26,30). The van der Waals surface area contributed by atoms with Gasteiger partial charge < -0.3 is 19.9 Å². The smallest absolute Gasteiger partial charge is 0.253 e. The number of ketones is 1. The number of amides is 2. The van der Waals surface area contributed by atoms with Crippen molar-refractivity contribution in [3.8, 4) is 5.75 Å². The summed E-state index contributed by atoms with van der Waals surface area (Å²) in [5.74, 6) is 0.235. The largest absolute Gasteiger partial charge is 0.486 e. The van der Waals surface area contributed by atoms with Gasteiger partial charge in [-0.15, -0.1) is 0 Å². The van der Waals surface area contributed by atoms with Crippen molar-refractivity contribution >= 4 is 29.2 Å². The zero-order chi connectivity index (χ0) is 22.9. The van der Waals surface area contributed by atoms with Gasteiger partial charge in [-0.1, -0.05) is 23.7 Å². The first-order chi connectivity index (χ1) is 15.4. The Morgan fingerprint density at radius 1 is 0.938 bits per heavy atom. The molecule has 1 N–H and O–H groups in total. The fourth-order valence-electron chi connectivity index (χ4n) is 3.27. The van der Waals surface area contributed by atoms with Crippen LogP contribution in [0.2, 0.25) is 5.02 Å². The van der Waals surface area contributed by atoms with Gasteiger partial charge in [0.1, 0.15) is 12.4 Å². The minimum atomic E-state index is -0.206. The van der Waals surface area contributed by atoms with Gasteiger partial charge >= 0.3 is 0 Å². The van der Waals surface area contributed by atoms with Crippen molar-refractivity contribution in [2.24, 2.45) is 0 Å². The maximum atomic E-state index is 12.6. The minimum Gasteiger partial charge on any atom is -0.486 e. The van der Waals surface area contributed by atoms with Crippen LogP contribution in [0, 0.1) is 0 Å². The second kappa shape index (κ2) is 11.6. The summed E-state index contributed by atoms with van der Waals surface area (Å²) in [5.41, 5.74) is 1.54. The highest BCUT2D eigenvalue weighted by molar-refractivity contribution is 6.30. The summed E-state index contributed by atoms with van der Waals surface area (Å²) in [6.45, 7) is 3.49. The van der Waals surface area contributed by atoms with Crippen LogP contribution in [0.5, 0.6) is 5.75 Å². The summed E-state index contributed by atoms with van der Waals surface area (Å²) < 4.78 is 5.39. The van der Waals surface area contributed by atoms with Gasteiger partial charge in [-0.2, -0.15) is 0 Å². The predicted molar refractivity (Wildman–Crippen MR) is 123 cm³/mol. The molecule has 1 heterocycles. The van der Waals surface area contributed by atoms with Crippen LogP contribution in [-0.2, 0) is 16.1 Å². The number of carbonyl (C=O) groups is 3. The lowest BCUT2D eigenvalue weighted by Crippen LogP contribution is -2.47. The molecular weight excluding hydrogens is 430 g/mol. The van der Waals surface area contributed by atoms with Gasteiger partial charge in [0.05, 0.1) is 0 Å². The number of benzene rings is 2. The second-order valence-electron chi connectivity index (χ2n) is 7.85. The molecule has 1 aliphatic heterocycles. The van der Waals surface area contributed by atoms with E-state index in [1.54, 1.807) is 36.4 Å². The van der Waals surface area contributed by atoms with E-state index in [9.17, 15) is 14.4 Å². The molecule has 8 heteroatoms. The molecule has 0 atom stereocenters. The minimum absolute atomic E-state index is 0.0352. The van der Waals surface area contributed by atoms with Gasteiger partial charge in [0.15, 0.2) is 5.78 Å². The van der Waals surface area contributed by atoms with Gasteiger partial charge in [-0.3, -0.25) is 14.4 Å². The number of hydrogen-bond acceptors (Lipinski definition) is 5. The Bertz CT molecular complexity index is 923. The molecule has 0 aliphatic carbocycles. The molecule has 0 aromatic heterocycles. The summed E-state index contributed by atoms with van der Waals surface area (Å²) in [4.78, 5) is 40.7. The first-order valence-corrected chi connectivity index (χ1v) is 11.0. The Labute approximate surface area is 193 Å². The average molecular weight is 458 g/mol.